The molecule has 0 aliphatic heterocycles. The Morgan fingerprint density at radius 2 is 1.88 bits per heavy atom. The molecule has 0 unspecified atom stereocenters. The molecule has 24 heavy (non-hydrogen) atoms. The number of nitrogens with one attached hydrogen (secondary N) is 1. The van der Waals surface area contributed by atoms with E-state index in [2.05, 4.69) is 10.3 Å². The molecular formula is C18H19N3O2S. The predicted molar refractivity (Wildman–Crippen MR) is 96.5 cm³/mol. The van der Waals surface area contributed by atoms with Crippen molar-refractivity contribution in [1.29, 1.82) is 0 Å². The van der Waals surface area contributed by atoms with Crippen LogP contribution >= 0.6 is 11.3 Å². The lowest BCUT2D eigenvalue weighted by atomic mass is 10.1. The topological polar surface area (TPSA) is 56.1 Å². The van der Waals surface area contributed by atoms with Gasteiger partial charge in [0, 0.05) is 18.1 Å². The number of anilines is 1. The zero-order valence-corrected chi connectivity index (χ0v) is 14.6. The molecule has 5 nitrogen and oxygen atoms in total. The summed E-state index contributed by atoms with van der Waals surface area (Å²) in [5.74, 6) is 0.783. The summed E-state index contributed by atoms with van der Waals surface area (Å²) in [5, 5.41) is 3.73. The van der Waals surface area contributed by atoms with Crippen molar-refractivity contribution >= 4 is 22.9 Å². The first-order chi connectivity index (χ1) is 11.6. The second-order valence-electron chi connectivity index (χ2n) is 5.64. The number of amides is 1. The Labute approximate surface area is 144 Å². The lowest BCUT2D eigenvalue weighted by Crippen LogP contribution is -2.13. The fourth-order valence-electron chi connectivity index (χ4n) is 2.31. The van der Waals surface area contributed by atoms with Crippen LogP contribution in [0.1, 0.15) is 35.1 Å². The van der Waals surface area contributed by atoms with E-state index in [9.17, 15) is 4.79 Å². The number of thiazole rings is 1. The summed E-state index contributed by atoms with van der Waals surface area (Å²) in [6, 6.07) is 11.1. The largest absolute Gasteiger partial charge is 0.497 e. The first-order valence-corrected chi connectivity index (χ1v) is 8.49. The highest BCUT2D eigenvalue weighted by Crippen LogP contribution is 2.28. The second kappa shape index (κ2) is 6.88. The molecule has 3 rings (SSSR count). The second-order valence-corrected chi connectivity index (χ2v) is 6.62. The highest BCUT2D eigenvalue weighted by molar-refractivity contribution is 7.16. The van der Waals surface area contributed by atoms with Crippen molar-refractivity contribution < 1.29 is 9.53 Å². The van der Waals surface area contributed by atoms with E-state index >= 15 is 0 Å². The maximum Gasteiger partial charge on any atom is 0.267 e. The summed E-state index contributed by atoms with van der Waals surface area (Å²) < 4.78 is 7.05. The van der Waals surface area contributed by atoms with Gasteiger partial charge in [-0.25, -0.2) is 4.98 Å². The van der Waals surface area contributed by atoms with E-state index in [1.807, 2.05) is 67.2 Å². The van der Waals surface area contributed by atoms with E-state index in [0.717, 1.165) is 22.3 Å². The first kappa shape index (κ1) is 16.3. The van der Waals surface area contributed by atoms with Crippen LogP contribution in [0.4, 0.5) is 5.69 Å². The molecule has 1 N–H and O–H groups in total. The molecule has 1 amide bonds. The third-order valence-electron chi connectivity index (χ3n) is 3.57. The van der Waals surface area contributed by atoms with Crippen LogP contribution in [0.3, 0.4) is 0 Å². The summed E-state index contributed by atoms with van der Waals surface area (Å²) >= 11 is 1.40. The molecule has 6 heteroatoms. The van der Waals surface area contributed by atoms with E-state index in [-0.39, 0.29) is 11.8 Å². The van der Waals surface area contributed by atoms with Gasteiger partial charge in [0.1, 0.15) is 10.6 Å². The Bertz CT molecular complexity index is 821. The average molecular weight is 341 g/mol. The lowest BCUT2D eigenvalue weighted by molar-refractivity contribution is 0.102. The molecule has 0 aliphatic rings. The van der Waals surface area contributed by atoms with E-state index in [0.29, 0.717) is 4.88 Å². The van der Waals surface area contributed by atoms with Gasteiger partial charge in [-0.3, -0.25) is 4.79 Å². The molecule has 2 aromatic heterocycles. The molecule has 0 saturated heterocycles. The highest BCUT2D eigenvalue weighted by Gasteiger charge is 2.21. The average Bonchev–Trinajstić information content (AvgIpc) is 3.24. The van der Waals surface area contributed by atoms with Crippen LogP contribution in [0.25, 0.3) is 5.13 Å². The van der Waals surface area contributed by atoms with Gasteiger partial charge in [-0.15, -0.1) is 0 Å². The molecule has 0 spiro atoms. The van der Waals surface area contributed by atoms with Gasteiger partial charge < -0.3 is 14.6 Å². The van der Waals surface area contributed by atoms with Crippen molar-refractivity contribution in [2.75, 3.05) is 12.4 Å². The van der Waals surface area contributed by atoms with E-state index in [1.165, 1.54) is 11.3 Å². The molecule has 1 aromatic carbocycles. The minimum atomic E-state index is -0.139. The molecule has 0 aliphatic carbocycles. The Morgan fingerprint density at radius 1 is 1.21 bits per heavy atom. The fraction of sp³-hybridized carbons (Fsp3) is 0.222. The van der Waals surface area contributed by atoms with Gasteiger partial charge in [0.2, 0.25) is 0 Å². The molecule has 0 saturated carbocycles. The number of methoxy groups -OCH3 is 1. The number of ether oxygens (including phenoxy) is 1. The fourth-order valence-corrected chi connectivity index (χ4v) is 3.39. The monoisotopic (exact) mass is 341 g/mol. The van der Waals surface area contributed by atoms with Gasteiger partial charge in [0.15, 0.2) is 5.13 Å². The number of benzene rings is 1. The van der Waals surface area contributed by atoms with Crippen molar-refractivity contribution in [3.8, 4) is 10.9 Å². The van der Waals surface area contributed by atoms with Crippen LogP contribution in [-0.4, -0.2) is 22.6 Å². The predicted octanol–water partition coefficient (Wildman–Crippen LogP) is 4.32. The van der Waals surface area contributed by atoms with Crippen LogP contribution in [0.5, 0.6) is 5.75 Å². The molecule has 0 radical (unpaired) electrons. The maximum atomic E-state index is 12.7. The summed E-state index contributed by atoms with van der Waals surface area (Å²) in [7, 11) is 1.61. The normalized spacial score (nSPS) is 10.8. The van der Waals surface area contributed by atoms with Crippen LogP contribution in [-0.2, 0) is 0 Å². The van der Waals surface area contributed by atoms with Gasteiger partial charge >= 0.3 is 0 Å². The quantitative estimate of drug-likeness (QED) is 0.752. The Balaban J connectivity index is 1.87. The number of rotatable bonds is 5. The summed E-state index contributed by atoms with van der Waals surface area (Å²) in [5.41, 5.74) is 1.54. The molecule has 0 fully saturated rings. The van der Waals surface area contributed by atoms with Gasteiger partial charge in [0.05, 0.1) is 12.8 Å². The van der Waals surface area contributed by atoms with Gasteiger partial charge in [-0.1, -0.05) is 25.2 Å². The van der Waals surface area contributed by atoms with Crippen LogP contribution in [0.15, 0.2) is 48.8 Å². The van der Waals surface area contributed by atoms with Gasteiger partial charge in [0.25, 0.3) is 5.91 Å². The summed E-state index contributed by atoms with van der Waals surface area (Å²) in [6.45, 7) is 4.08. The molecule has 124 valence electrons. The molecule has 0 atom stereocenters. The van der Waals surface area contributed by atoms with Gasteiger partial charge in [-0.05, 0) is 42.3 Å². The standard InChI is InChI=1S/C18H19N3O2S/c1-12(2)15-16(24-18(20-15)21-10-4-5-11-21)17(22)19-13-6-8-14(23-3)9-7-13/h4-12H,1-3H3,(H,19,22). The summed E-state index contributed by atoms with van der Waals surface area (Å²) in [6.07, 6.45) is 3.85. The number of hydrogen-bond acceptors (Lipinski definition) is 4. The highest BCUT2D eigenvalue weighted by atomic mass is 32.1. The Morgan fingerprint density at radius 3 is 2.46 bits per heavy atom. The van der Waals surface area contributed by atoms with Crippen LogP contribution in [0.2, 0.25) is 0 Å². The first-order valence-electron chi connectivity index (χ1n) is 7.68. The minimum Gasteiger partial charge on any atom is -0.497 e. The number of carbonyl (C=O) groups excluding carboxylic acids is 1. The summed E-state index contributed by atoms with van der Waals surface area (Å²) in [4.78, 5) is 18.0. The number of nitrogens with zero attached hydrogens (tertiary/aromatic N) is 2. The number of hydrogen-bond donors (Lipinski definition) is 1. The zero-order valence-electron chi connectivity index (χ0n) is 13.8. The van der Waals surface area contributed by atoms with Crippen LogP contribution in [0, 0.1) is 0 Å². The minimum absolute atomic E-state index is 0.139. The van der Waals surface area contributed by atoms with Crippen molar-refractivity contribution in [3.05, 3.63) is 59.4 Å². The third kappa shape index (κ3) is 3.33. The zero-order chi connectivity index (χ0) is 17.1. The van der Waals surface area contributed by atoms with E-state index in [1.54, 1.807) is 7.11 Å². The molecule has 2 heterocycles. The number of carbonyl (C=O) groups is 1. The smallest absolute Gasteiger partial charge is 0.267 e. The van der Waals surface area contributed by atoms with E-state index in [4.69, 9.17) is 4.74 Å². The molecule has 0 bridgehead atoms. The Kier molecular flexibility index (Phi) is 4.66. The lowest BCUT2D eigenvalue weighted by Gasteiger charge is -2.07. The third-order valence-corrected chi connectivity index (χ3v) is 4.65. The molecule has 3 aromatic rings. The maximum absolute atomic E-state index is 12.7. The van der Waals surface area contributed by atoms with Crippen molar-refractivity contribution in [2.45, 2.75) is 19.8 Å². The van der Waals surface area contributed by atoms with Gasteiger partial charge in [-0.2, -0.15) is 0 Å². The Hall–Kier alpha value is -2.60. The van der Waals surface area contributed by atoms with Crippen LogP contribution < -0.4 is 10.1 Å². The van der Waals surface area contributed by atoms with Crippen molar-refractivity contribution in [3.63, 3.8) is 0 Å². The van der Waals surface area contributed by atoms with E-state index < -0.39 is 0 Å². The SMILES string of the molecule is COc1ccc(NC(=O)c2sc(-n3cccc3)nc2C(C)C)cc1. The molecular weight excluding hydrogens is 322 g/mol. The van der Waals surface area contributed by atoms with Crippen molar-refractivity contribution in [1.82, 2.24) is 9.55 Å². The number of aromatic nitrogens is 2. The van der Waals surface area contributed by atoms with Crippen molar-refractivity contribution in [2.24, 2.45) is 0 Å².